The average molecular weight is 349 g/mol. The van der Waals surface area contributed by atoms with Gasteiger partial charge in [-0.05, 0) is 38.8 Å². The van der Waals surface area contributed by atoms with Crippen molar-refractivity contribution in [2.24, 2.45) is 5.92 Å². The molecule has 138 valence electrons. The first-order chi connectivity index (χ1) is 12.0. The van der Waals surface area contributed by atoms with E-state index in [1.165, 1.54) is 0 Å². The number of hydrogen-bond acceptors (Lipinski definition) is 4. The molecule has 2 saturated heterocycles. The van der Waals surface area contributed by atoms with Gasteiger partial charge in [-0.1, -0.05) is 0 Å². The predicted octanol–water partition coefficient (Wildman–Crippen LogP) is 1.93. The molecule has 0 unspecified atom stereocenters. The van der Waals surface area contributed by atoms with E-state index in [1.54, 1.807) is 4.90 Å². The average Bonchev–Trinajstić information content (AvgIpc) is 3.08. The summed E-state index contributed by atoms with van der Waals surface area (Å²) in [6.07, 6.45) is 1.44. The molecule has 3 heterocycles. The van der Waals surface area contributed by atoms with E-state index in [9.17, 15) is 9.59 Å². The lowest BCUT2D eigenvalue weighted by Gasteiger charge is -2.35. The van der Waals surface area contributed by atoms with Crippen LogP contribution in [0.2, 0.25) is 0 Å². The largest absolute Gasteiger partial charge is 0.464 e. The van der Waals surface area contributed by atoms with E-state index in [-0.39, 0.29) is 23.9 Å². The summed E-state index contributed by atoms with van der Waals surface area (Å²) in [7, 11) is 0. The van der Waals surface area contributed by atoms with Gasteiger partial charge < -0.3 is 24.3 Å². The molecule has 2 aliphatic heterocycles. The fourth-order valence-corrected chi connectivity index (χ4v) is 3.41. The number of morpholine rings is 1. The fraction of sp³-hybridized carbons (Fsp3) is 0.667. The van der Waals surface area contributed by atoms with E-state index < -0.39 is 0 Å². The van der Waals surface area contributed by atoms with Crippen LogP contribution in [0.4, 0.5) is 4.79 Å². The Balaban J connectivity index is 1.46. The molecule has 3 amide bonds. The molecule has 0 aliphatic carbocycles. The fourth-order valence-electron chi connectivity index (χ4n) is 3.41. The lowest BCUT2D eigenvalue weighted by atomic mass is 9.95. The molecule has 2 aliphatic rings. The molecule has 0 saturated carbocycles. The van der Waals surface area contributed by atoms with Crippen LogP contribution in [0.5, 0.6) is 0 Å². The van der Waals surface area contributed by atoms with Crippen LogP contribution in [-0.4, -0.2) is 61.1 Å². The summed E-state index contributed by atoms with van der Waals surface area (Å²) >= 11 is 0. The summed E-state index contributed by atoms with van der Waals surface area (Å²) < 4.78 is 10.9. The van der Waals surface area contributed by atoms with Gasteiger partial charge in [-0.2, -0.15) is 0 Å². The second-order valence-electron chi connectivity index (χ2n) is 6.82. The van der Waals surface area contributed by atoms with Crippen molar-refractivity contribution >= 4 is 11.9 Å². The third-order valence-electron chi connectivity index (χ3n) is 4.98. The summed E-state index contributed by atoms with van der Waals surface area (Å²) in [6, 6.07) is 3.50. The number of furan rings is 1. The Morgan fingerprint density at radius 3 is 2.40 bits per heavy atom. The van der Waals surface area contributed by atoms with Gasteiger partial charge in [0.2, 0.25) is 5.91 Å². The van der Waals surface area contributed by atoms with E-state index in [1.807, 2.05) is 30.9 Å². The van der Waals surface area contributed by atoms with Crippen molar-refractivity contribution in [3.8, 4) is 0 Å². The number of likely N-dealkylation sites (tertiary alicyclic amines) is 1. The van der Waals surface area contributed by atoms with Crippen molar-refractivity contribution in [2.75, 3.05) is 39.4 Å². The molecule has 0 aromatic carbocycles. The van der Waals surface area contributed by atoms with Crippen molar-refractivity contribution in [3.05, 3.63) is 23.7 Å². The minimum absolute atomic E-state index is 0.0206. The first-order valence-corrected chi connectivity index (χ1v) is 9.03. The highest BCUT2D eigenvalue weighted by Crippen LogP contribution is 2.21. The van der Waals surface area contributed by atoms with Gasteiger partial charge >= 0.3 is 6.03 Å². The van der Waals surface area contributed by atoms with Crippen LogP contribution in [0, 0.1) is 12.8 Å². The standard InChI is InChI=1S/C18H27N3O4/c1-13-3-4-16(25-13)14(2)19-18(23)21-7-5-15(6-8-21)17(22)20-9-11-24-12-10-20/h3-4,14-15H,5-12H2,1-2H3,(H,19,23)/t14-/m1/s1. The van der Waals surface area contributed by atoms with Crippen molar-refractivity contribution < 1.29 is 18.7 Å². The third-order valence-corrected chi connectivity index (χ3v) is 4.98. The van der Waals surface area contributed by atoms with Crippen LogP contribution >= 0.6 is 0 Å². The van der Waals surface area contributed by atoms with Crippen molar-refractivity contribution in [3.63, 3.8) is 0 Å². The highest BCUT2D eigenvalue weighted by Gasteiger charge is 2.31. The van der Waals surface area contributed by atoms with Gasteiger partial charge in [0.1, 0.15) is 11.5 Å². The zero-order chi connectivity index (χ0) is 17.8. The van der Waals surface area contributed by atoms with Crippen LogP contribution in [0.15, 0.2) is 16.5 Å². The molecule has 7 nitrogen and oxygen atoms in total. The monoisotopic (exact) mass is 349 g/mol. The number of carbonyl (C=O) groups is 2. The van der Waals surface area contributed by atoms with Crippen LogP contribution < -0.4 is 5.32 Å². The molecule has 3 rings (SSSR count). The molecule has 7 heteroatoms. The van der Waals surface area contributed by atoms with E-state index >= 15 is 0 Å². The molecule has 1 aromatic heterocycles. The van der Waals surface area contributed by atoms with Crippen molar-refractivity contribution in [1.82, 2.24) is 15.1 Å². The van der Waals surface area contributed by atoms with E-state index in [0.717, 1.165) is 24.4 Å². The van der Waals surface area contributed by atoms with Gasteiger partial charge in [0.05, 0.1) is 19.3 Å². The number of ether oxygens (including phenoxy) is 1. The second kappa shape index (κ2) is 7.91. The summed E-state index contributed by atoms with van der Waals surface area (Å²) in [5.41, 5.74) is 0. The van der Waals surface area contributed by atoms with Crippen LogP contribution in [0.1, 0.15) is 37.3 Å². The highest BCUT2D eigenvalue weighted by molar-refractivity contribution is 5.80. The number of carbonyl (C=O) groups excluding carboxylic acids is 2. The number of rotatable bonds is 3. The number of hydrogen-bond donors (Lipinski definition) is 1. The number of amides is 3. The first kappa shape index (κ1) is 17.8. The Morgan fingerprint density at radius 1 is 1.12 bits per heavy atom. The quantitative estimate of drug-likeness (QED) is 0.905. The number of nitrogens with zero attached hydrogens (tertiary/aromatic N) is 2. The van der Waals surface area contributed by atoms with Crippen LogP contribution in [0.25, 0.3) is 0 Å². The topological polar surface area (TPSA) is 75.0 Å². The predicted molar refractivity (Wildman–Crippen MR) is 92.1 cm³/mol. The lowest BCUT2D eigenvalue weighted by molar-refractivity contribution is -0.141. The number of urea groups is 1. The molecule has 1 N–H and O–H groups in total. The molecule has 0 bridgehead atoms. The Morgan fingerprint density at radius 2 is 1.80 bits per heavy atom. The van der Waals surface area contributed by atoms with E-state index in [4.69, 9.17) is 9.15 Å². The molecule has 0 spiro atoms. The van der Waals surface area contributed by atoms with E-state index in [2.05, 4.69) is 5.32 Å². The van der Waals surface area contributed by atoms with Crippen molar-refractivity contribution in [2.45, 2.75) is 32.7 Å². The van der Waals surface area contributed by atoms with Crippen molar-refractivity contribution in [1.29, 1.82) is 0 Å². The summed E-state index contributed by atoms with van der Waals surface area (Å²) in [5.74, 6) is 1.82. The molecule has 2 fully saturated rings. The van der Waals surface area contributed by atoms with Gasteiger partial charge in [-0.3, -0.25) is 4.79 Å². The molecule has 0 radical (unpaired) electrons. The zero-order valence-corrected chi connectivity index (χ0v) is 15.0. The number of nitrogens with one attached hydrogen (secondary N) is 1. The SMILES string of the molecule is Cc1ccc([C@@H](C)NC(=O)N2CCC(C(=O)N3CCOCC3)CC2)o1. The number of aryl methyl sites for hydroxylation is 1. The Hall–Kier alpha value is -2.02. The Kier molecular flexibility index (Phi) is 5.63. The van der Waals surface area contributed by atoms with Gasteiger partial charge in [-0.25, -0.2) is 4.79 Å². The van der Waals surface area contributed by atoms with E-state index in [0.29, 0.717) is 39.4 Å². The van der Waals surface area contributed by atoms with Crippen LogP contribution in [-0.2, 0) is 9.53 Å². The van der Waals surface area contributed by atoms with Gasteiger partial charge in [0.25, 0.3) is 0 Å². The maximum atomic E-state index is 12.5. The first-order valence-electron chi connectivity index (χ1n) is 9.03. The summed E-state index contributed by atoms with van der Waals surface area (Å²) in [4.78, 5) is 28.6. The molecule has 25 heavy (non-hydrogen) atoms. The maximum Gasteiger partial charge on any atom is 0.317 e. The maximum absolute atomic E-state index is 12.5. The second-order valence-corrected chi connectivity index (χ2v) is 6.82. The highest BCUT2D eigenvalue weighted by atomic mass is 16.5. The lowest BCUT2D eigenvalue weighted by Crippen LogP contribution is -2.49. The smallest absolute Gasteiger partial charge is 0.317 e. The Bertz CT molecular complexity index is 601. The normalized spacial score (nSPS) is 20.4. The summed E-state index contributed by atoms with van der Waals surface area (Å²) in [6.45, 7) is 7.61. The Labute approximate surface area is 148 Å². The minimum atomic E-state index is -0.172. The molecular weight excluding hydrogens is 322 g/mol. The molecular formula is C18H27N3O4. The molecule has 1 aromatic rings. The zero-order valence-electron chi connectivity index (χ0n) is 15.0. The van der Waals surface area contributed by atoms with Crippen LogP contribution in [0.3, 0.4) is 0 Å². The third kappa shape index (κ3) is 4.34. The van der Waals surface area contributed by atoms with Gasteiger partial charge in [0, 0.05) is 32.1 Å². The van der Waals surface area contributed by atoms with Gasteiger partial charge in [-0.15, -0.1) is 0 Å². The number of piperidine rings is 1. The van der Waals surface area contributed by atoms with Gasteiger partial charge in [0.15, 0.2) is 0 Å². The minimum Gasteiger partial charge on any atom is -0.464 e. The summed E-state index contributed by atoms with van der Waals surface area (Å²) in [5, 5.41) is 2.97. The molecule has 1 atom stereocenters.